The Morgan fingerprint density at radius 1 is 1.08 bits per heavy atom. The summed E-state index contributed by atoms with van der Waals surface area (Å²) in [6.45, 7) is 4.72. The smallest absolute Gasteiger partial charge is 0.138 e. The highest BCUT2D eigenvalue weighted by molar-refractivity contribution is 5.85. The molecule has 1 saturated carbocycles. The van der Waals surface area contributed by atoms with Crippen LogP contribution in [0.4, 0.5) is 0 Å². The number of rotatable bonds is 6. The Hall–Kier alpha value is -1.43. The predicted molar refractivity (Wildman–Crippen MR) is 97.6 cm³/mol. The number of nitrogens with one attached hydrogen (secondary N) is 1. The predicted octanol–water partition coefficient (Wildman–Crippen LogP) is 2.65. The largest absolute Gasteiger partial charge is 0.317 e. The summed E-state index contributed by atoms with van der Waals surface area (Å²) in [4.78, 5) is 6.71. The van der Waals surface area contributed by atoms with Gasteiger partial charge in [0.2, 0.25) is 0 Å². The lowest BCUT2D eigenvalue weighted by atomic mass is 9.97. The van der Waals surface area contributed by atoms with Crippen LogP contribution >= 0.6 is 12.4 Å². The number of benzene rings is 1. The first-order valence-corrected chi connectivity index (χ1v) is 8.77. The number of piperidine rings is 1. The van der Waals surface area contributed by atoms with Crippen molar-refractivity contribution in [2.24, 2.45) is 5.92 Å². The van der Waals surface area contributed by atoms with Gasteiger partial charge >= 0.3 is 0 Å². The third kappa shape index (κ3) is 4.35. The van der Waals surface area contributed by atoms with Gasteiger partial charge in [-0.3, -0.25) is 4.90 Å². The Balaban J connectivity index is 0.00000169. The maximum atomic E-state index is 4.18. The van der Waals surface area contributed by atoms with Crippen molar-refractivity contribution in [3.63, 3.8) is 0 Å². The summed E-state index contributed by atoms with van der Waals surface area (Å²) in [7, 11) is 0. The molecule has 0 radical (unpaired) electrons. The average Bonchev–Trinajstić information content (AvgIpc) is 3.30. The molecule has 0 atom stereocenters. The SMILES string of the molecule is Cl.c1ncn(-c2ccc(CN(CC3CCNCC3)C3CC3)cc2)n1. The fraction of sp³-hybridized carbons (Fsp3) is 0.556. The normalized spacial score (nSPS) is 18.5. The van der Waals surface area contributed by atoms with E-state index in [9.17, 15) is 0 Å². The molecule has 0 unspecified atom stereocenters. The number of halogens is 1. The summed E-state index contributed by atoms with van der Waals surface area (Å²) >= 11 is 0. The molecule has 2 aliphatic rings. The lowest BCUT2D eigenvalue weighted by Crippen LogP contribution is -2.37. The van der Waals surface area contributed by atoms with Gasteiger partial charge in [-0.2, -0.15) is 5.10 Å². The van der Waals surface area contributed by atoms with E-state index in [2.05, 4.69) is 44.6 Å². The summed E-state index contributed by atoms with van der Waals surface area (Å²) in [5, 5.41) is 7.65. The van der Waals surface area contributed by atoms with Gasteiger partial charge in [-0.15, -0.1) is 12.4 Å². The second kappa shape index (κ2) is 8.10. The maximum Gasteiger partial charge on any atom is 0.138 e. The van der Waals surface area contributed by atoms with E-state index in [1.54, 1.807) is 17.3 Å². The Morgan fingerprint density at radius 3 is 2.46 bits per heavy atom. The van der Waals surface area contributed by atoms with E-state index in [0.29, 0.717) is 0 Å². The van der Waals surface area contributed by atoms with Crippen LogP contribution in [0.3, 0.4) is 0 Å². The van der Waals surface area contributed by atoms with E-state index >= 15 is 0 Å². The molecule has 4 rings (SSSR count). The van der Waals surface area contributed by atoms with Gasteiger partial charge in [0.15, 0.2) is 0 Å². The standard InChI is InChI=1S/C18H25N5.ClH/c1-3-18(23-14-20-13-21-23)4-2-15(1)11-22(17-5-6-17)12-16-7-9-19-10-8-16;/h1-4,13-14,16-17,19H,5-12H2;1H. The highest BCUT2D eigenvalue weighted by Crippen LogP contribution is 2.30. The quantitative estimate of drug-likeness (QED) is 0.872. The number of hydrogen-bond acceptors (Lipinski definition) is 4. The summed E-state index contributed by atoms with van der Waals surface area (Å²) in [6.07, 6.45) is 8.72. The van der Waals surface area contributed by atoms with Crippen molar-refractivity contribution >= 4 is 12.4 Å². The van der Waals surface area contributed by atoms with Crippen LogP contribution in [-0.4, -0.2) is 45.3 Å². The summed E-state index contributed by atoms with van der Waals surface area (Å²) in [5.41, 5.74) is 2.47. The van der Waals surface area contributed by atoms with E-state index in [0.717, 1.165) is 24.2 Å². The molecule has 2 aromatic rings. The first kappa shape index (κ1) is 17.4. The van der Waals surface area contributed by atoms with Gasteiger partial charge < -0.3 is 5.32 Å². The van der Waals surface area contributed by atoms with Crippen LogP contribution in [0.25, 0.3) is 5.69 Å². The van der Waals surface area contributed by atoms with Crippen molar-refractivity contribution in [3.05, 3.63) is 42.5 Å². The Kier molecular flexibility index (Phi) is 5.87. The van der Waals surface area contributed by atoms with Crippen molar-refractivity contribution in [2.75, 3.05) is 19.6 Å². The first-order chi connectivity index (χ1) is 11.4. The van der Waals surface area contributed by atoms with Crippen LogP contribution < -0.4 is 5.32 Å². The zero-order valence-electron chi connectivity index (χ0n) is 14.0. The van der Waals surface area contributed by atoms with Crippen LogP contribution in [0.5, 0.6) is 0 Å². The van der Waals surface area contributed by atoms with E-state index in [1.165, 1.54) is 50.9 Å². The number of aromatic nitrogens is 3. The minimum absolute atomic E-state index is 0. The molecule has 1 aliphatic carbocycles. The van der Waals surface area contributed by atoms with E-state index in [-0.39, 0.29) is 12.4 Å². The molecule has 5 nitrogen and oxygen atoms in total. The topological polar surface area (TPSA) is 46.0 Å². The highest BCUT2D eigenvalue weighted by Gasteiger charge is 2.30. The molecule has 0 bridgehead atoms. The fourth-order valence-corrected chi connectivity index (χ4v) is 3.51. The third-order valence-electron chi connectivity index (χ3n) is 5.02. The van der Waals surface area contributed by atoms with Crippen molar-refractivity contribution < 1.29 is 0 Å². The van der Waals surface area contributed by atoms with Gasteiger partial charge in [0, 0.05) is 19.1 Å². The second-order valence-electron chi connectivity index (χ2n) is 6.86. The average molecular weight is 348 g/mol. The molecule has 1 aromatic carbocycles. The Morgan fingerprint density at radius 2 is 1.83 bits per heavy atom. The molecule has 2 fully saturated rings. The number of hydrogen-bond donors (Lipinski definition) is 1. The van der Waals surface area contributed by atoms with Gasteiger partial charge in [0.1, 0.15) is 12.7 Å². The molecule has 1 aliphatic heterocycles. The molecule has 6 heteroatoms. The molecular formula is C18H26ClN5. The Labute approximate surface area is 149 Å². The molecular weight excluding hydrogens is 322 g/mol. The minimum Gasteiger partial charge on any atom is -0.317 e. The monoisotopic (exact) mass is 347 g/mol. The van der Waals surface area contributed by atoms with Gasteiger partial charge in [-0.1, -0.05) is 12.1 Å². The van der Waals surface area contributed by atoms with Crippen LogP contribution in [0, 0.1) is 5.92 Å². The summed E-state index contributed by atoms with van der Waals surface area (Å²) in [6, 6.07) is 9.56. The lowest BCUT2D eigenvalue weighted by molar-refractivity contribution is 0.190. The van der Waals surface area contributed by atoms with Gasteiger partial charge in [0.25, 0.3) is 0 Å². The maximum absolute atomic E-state index is 4.18. The molecule has 2 heterocycles. The van der Waals surface area contributed by atoms with Crippen molar-refractivity contribution in [1.82, 2.24) is 25.0 Å². The molecule has 0 amide bonds. The molecule has 1 N–H and O–H groups in total. The van der Waals surface area contributed by atoms with Gasteiger partial charge in [0.05, 0.1) is 5.69 Å². The van der Waals surface area contributed by atoms with Crippen LogP contribution in [0.1, 0.15) is 31.2 Å². The van der Waals surface area contributed by atoms with Crippen LogP contribution in [0.15, 0.2) is 36.9 Å². The first-order valence-electron chi connectivity index (χ1n) is 8.77. The Bertz CT molecular complexity index is 603. The third-order valence-corrected chi connectivity index (χ3v) is 5.02. The highest BCUT2D eigenvalue weighted by atomic mass is 35.5. The van der Waals surface area contributed by atoms with Crippen LogP contribution in [-0.2, 0) is 6.54 Å². The van der Waals surface area contributed by atoms with E-state index in [4.69, 9.17) is 0 Å². The minimum atomic E-state index is 0. The van der Waals surface area contributed by atoms with E-state index in [1.807, 2.05) is 0 Å². The zero-order valence-corrected chi connectivity index (χ0v) is 14.8. The van der Waals surface area contributed by atoms with E-state index < -0.39 is 0 Å². The molecule has 130 valence electrons. The van der Waals surface area contributed by atoms with Gasteiger partial charge in [-0.25, -0.2) is 9.67 Å². The lowest BCUT2D eigenvalue weighted by Gasteiger charge is -2.30. The second-order valence-corrected chi connectivity index (χ2v) is 6.86. The zero-order chi connectivity index (χ0) is 15.5. The van der Waals surface area contributed by atoms with Crippen molar-refractivity contribution in [3.8, 4) is 5.69 Å². The van der Waals surface area contributed by atoms with Gasteiger partial charge in [-0.05, 0) is 62.4 Å². The fourth-order valence-electron chi connectivity index (χ4n) is 3.51. The van der Waals surface area contributed by atoms with Crippen molar-refractivity contribution in [2.45, 2.75) is 38.3 Å². The molecule has 24 heavy (non-hydrogen) atoms. The summed E-state index contributed by atoms with van der Waals surface area (Å²) < 4.78 is 1.80. The summed E-state index contributed by atoms with van der Waals surface area (Å²) in [5.74, 6) is 0.867. The molecule has 0 spiro atoms. The molecule has 1 saturated heterocycles. The van der Waals surface area contributed by atoms with Crippen LogP contribution in [0.2, 0.25) is 0 Å². The molecule has 1 aromatic heterocycles. The number of nitrogens with zero attached hydrogens (tertiary/aromatic N) is 4. The van der Waals surface area contributed by atoms with Crippen molar-refractivity contribution in [1.29, 1.82) is 0 Å².